The van der Waals surface area contributed by atoms with Gasteiger partial charge in [0, 0.05) is 17.8 Å². The fraction of sp³-hybridized carbons (Fsp3) is 0.364. The lowest BCUT2D eigenvalue weighted by Crippen LogP contribution is -2.01. The maximum Gasteiger partial charge on any atom is 0.151 e. The van der Waals surface area contributed by atoms with Gasteiger partial charge in [0.25, 0.3) is 0 Å². The predicted octanol–water partition coefficient (Wildman–Crippen LogP) is 2.90. The number of furan rings is 1. The number of hydrogen-bond donors (Lipinski definition) is 1. The van der Waals surface area contributed by atoms with Crippen molar-refractivity contribution < 1.29 is 9.52 Å². The summed E-state index contributed by atoms with van der Waals surface area (Å²) in [4.78, 5) is 0. The predicted molar refractivity (Wildman–Crippen MR) is 63.1 cm³/mol. The van der Waals surface area contributed by atoms with Crippen LogP contribution in [0.1, 0.15) is 37.3 Å². The third-order valence-electron chi connectivity index (χ3n) is 2.36. The zero-order valence-electron chi connectivity index (χ0n) is 9.09. The highest BCUT2D eigenvalue weighted by Gasteiger charge is 2.19. The van der Waals surface area contributed by atoms with Gasteiger partial charge in [0.1, 0.15) is 6.10 Å². The molecule has 0 fully saturated rings. The molecule has 2 rings (SSSR count). The summed E-state index contributed by atoms with van der Waals surface area (Å²) in [6.07, 6.45) is 4.23. The van der Waals surface area contributed by atoms with Crippen molar-refractivity contribution in [3.63, 3.8) is 0 Å². The van der Waals surface area contributed by atoms with Crippen LogP contribution in [0.3, 0.4) is 0 Å². The fourth-order valence-corrected chi connectivity index (χ4v) is 1.85. The van der Waals surface area contributed by atoms with Gasteiger partial charge in [0.2, 0.25) is 0 Å². The Kier molecular flexibility index (Phi) is 3.16. The van der Waals surface area contributed by atoms with E-state index in [4.69, 9.17) is 4.42 Å². The maximum atomic E-state index is 10.1. The lowest BCUT2D eigenvalue weighted by atomic mass is 10.1. The lowest BCUT2D eigenvalue weighted by Gasteiger charge is -2.06. The standard InChI is InChI=1S/C11H13BrN2O2/c1-7(2)14-6-8(5-13-14)10(15)11-9(12)3-4-16-11/h3-7,10,15H,1-2H3. The molecule has 0 aliphatic rings. The topological polar surface area (TPSA) is 51.2 Å². The Morgan fingerprint density at radius 1 is 1.50 bits per heavy atom. The molecule has 5 heteroatoms. The van der Waals surface area contributed by atoms with E-state index in [1.54, 1.807) is 16.9 Å². The van der Waals surface area contributed by atoms with Crippen LogP contribution in [0.25, 0.3) is 0 Å². The average molecular weight is 285 g/mol. The highest BCUT2D eigenvalue weighted by Crippen LogP contribution is 2.29. The number of nitrogens with zero attached hydrogens (tertiary/aromatic N) is 2. The van der Waals surface area contributed by atoms with Crippen LogP contribution in [0.4, 0.5) is 0 Å². The van der Waals surface area contributed by atoms with Crippen molar-refractivity contribution in [1.29, 1.82) is 0 Å². The van der Waals surface area contributed by atoms with Gasteiger partial charge in [0.15, 0.2) is 5.76 Å². The molecule has 0 spiro atoms. The van der Waals surface area contributed by atoms with Crippen LogP contribution in [-0.4, -0.2) is 14.9 Å². The van der Waals surface area contributed by atoms with Crippen molar-refractivity contribution in [2.45, 2.75) is 26.0 Å². The summed E-state index contributed by atoms with van der Waals surface area (Å²) in [5.41, 5.74) is 0.726. The number of halogens is 1. The van der Waals surface area contributed by atoms with Gasteiger partial charge in [-0.15, -0.1) is 0 Å². The molecule has 2 heterocycles. The molecule has 0 saturated heterocycles. The Labute approximate surface area is 102 Å². The van der Waals surface area contributed by atoms with Gasteiger partial charge < -0.3 is 9.52 Å². The van der Waals surface area contributed by atoms with E-state index in [9.17, 15) is 5.11 Å². The molecule has 0 saturated carbocycles. The number of aromatic nitrogens is 2. The van der Waals surface area contributed by atoms with E-state index in [1.807, 2.05) is 20.0 Å². The van der Waals surface area contributed by atoms with Crippen molar-refractivity contribution in [1.82, 2.24) is 9.78 Å². The van der Waals surface area contributed by atoms with Crippen LogP contribution in [0.15, 0.2) is 33.6 Å². The van der Waals surface area contributed by atoms with E-state index in [0.29, 0.717) is 5.76 Å². The smallest absolute Gasteiger partial charge is 0.151 e. The molecule has 1 N–H and O–H groups in total. The second-order valence-electron chi connectivity index (χ2n) is 3.88. The molecular weight excluding hydrogens is 272 g/mol. The zero-order chi connectivity index (χ0) is 11.7. The summed E-state index contributed by atoms with van der Waals surface area (Å²) in [7, 11) is 0. The number of hydrogen-bond acceptors (Lipinski definition) is 3. The van der Waals surface area contributed by atoms with Gasteiger partial charge in [-0.25, -0.2) is 0 Å². The van der Waals surface area contributed by atoms with Crippen LogP contribution in [0.5, 0.6) is 0 Å². The highest BCUT2D eigenvalue weighted by atomic mass is 79.9. The molecular formula is C11H13BrN2O2. The van der Waals surface area contributed by atoms with Crippen LogP contribution in [-0.2, 0) is 0 Å². The molecule has 2 aromatic heterocycles. The maximum absolute atomic E-state index is 10.1. The first-order valence-electron chi connectivity index (χ1n) is 5.04. The Morgan fingerprint density at radius 2 is 2.25 bits per heavy atom. The Hall–Kier alpha value is -1.07. The van der Waals surface area contributed by atoms with Crippen molar-refractivity contribution in [3.8, 4) is 0 Å². The van der Waals surface area contributed by atoms with Crippen LogP contribution < -0.4 is 0 Å². The Balaban J connectivity index is 2.27. The van der Waals surface area contributed by atoms with Gasteiger partial charge in [0.05, 0.1) is 16.9 Å². The first-order chi connectivity index (χ1) is 7.59. The minimum atomic E-state index is -0.781. The number of rotatable bonds is 3. The SMILES string of the molecule is CC(C)n1cc(C(O)c2occc2Br)cn1. The molecule has 1 atom stereocenters. The molecule has 0 aliphatic carbocycles. The van der Waals surface area contributed by atoms with Crippen molar-refractivity contribution in [3.05, 3.63) is 40.5 Å². The van der Waals surface area contributed by atoms with E-state index in [-0.39, 0.29) is 6.04 Å². The molecule has 0 aromatic carbocycles. The first kappa shape index (κ1) is 11.4. The fourth-order valence-electron chi connectivity index (χ4n) is 1.43. The van der Waals surface area contributed by atoms with Gasteiger partial charge in [-0.2, -0.15) is 5.10 Å². The zero-order valence-corrected chi connectivity index (χ0v) is 10.7. The van der Waals surface area contributed by atoms with E-state index in [0.717, 1.165) is 10.0 Å². The summed E-state index contributed by atoms with van der Waals surface area (Å²) < 4.78 is 7.78. The summed E-state index contributed by atoms with van der Waals surface area (Å²) >= 11 is 3.32. The van der Waals surface area contributed by atoms with Gasteiger partial charge in [-0.05, 0) is 35.8 Å². The van der Waals surface area contributed by atoms with Crippen LogP contribution in [0, 0.1) is 0 Å². The minimum absolute atomic E-state index is 0.279. The molecule has 4 nitrogen and oxygen atoms in total. The summed E-state index contributed by atoms with van der Waals surface area (Å²) in [6.45, 7) is 4.07. The van der Waals surface area contributed by atoms with Crippen molar-refractivity contribution >= 4 is 15.9 Å². The van der Waals surface area contributed by atoms with Gasteiger partial charge in [-0.1, -0.05) is 0 Å². The quantitative estimate of drug-likeness (QED) is 0.943. The largest absolute Gasteiger partial charge is 0.465 e. The van der Waals surface area contributed by atoms with Gasteiger partial charge >= 0.3 is 0 Å². The third kappa shape index (κ3) is 2.05. The van der Waals surface area contributed by atoms with E-state index >= 15 is 0 Å². The first-order valence-corrected chi connectivity index (χ1v) is 5.84. The third-order valence-corrected chi connectivity index (χ3v) is 3.01. The second-order valence-corrected chi connectivity index (χ2v) is 4.74. The molecule has 86 valence electrons. The number of aliphatic hydroxyl groups excluding tert-OH is 1. The second kappa shape index (κ2) is 4.43. The average Bonchev–Trinajstić information content (AvgIpc) is 2.84. The normalized spacial score (nSPS) is 13.3. The molecule has 16 heavy (non-hydrogen) atoms. The minimum Gasteiger partial charge on any atom is -0.465 e. The monoisotopic (exact) mass is 284 g/mol. The van der Waals surface area contributed by atoms with Gasteiger partial charge in [-0.3, -0.25) is 4.68 Å². The summed E-state index contributed by atoms with van der Waals surface area (Å²) in [6, 6.07) is 2.03. The molecule has 0 bridgehead atoms. The molecule has 1 unspecified atom stereocenters. The van der Waals surface area contributed by atoms with Crippen LogP contribution >= 0.6 is 15.9 Å². The number of aliphatic hydroxyl groups is 1. The lowest BCUT2D eigenvalue weighted by molar-refractivity contribution is 0.188. The Morgan fingerprint density at radius 3 is 2.75 bits per heavy atom. The highest BCUT2D eigenvalue weighted by molar-refractivity contribution is 9.10. The Bertz CT molecular complexity index is 476. The summed E-state index contributed by atoms with van der Waals surface area (Å²) in [5.74, 6) is 0.503. The van der Waals surface area contributed by atoms with Crippen molar-refractivity contribution in [2.75, 3.05) is 0 Å². The molecule has 0 amide bonds. The molecule has 0 aliphatic heterocycles. The van der Waals surface area contributed by atoms with E-state index in [2.05, 4.69) is 21.0 Å². The van der Waals surface area contributed by atoms with Crippen LogP contribution in [0.2, 0.25) is 0 Å². The summed E-state index contributed by atoms with van der Waals surface area (Å²) in [5, 5.41) is 14.3. The van der Waals surface area contributed by atoms with E-state index < -0.39 is 6.10 Å². The molecule has 2 aromatic rings. The van der Waals surface area contributed by atoms with Crippen molar-refractivity contribution in [2.24, 2.45) is 0 Å². The molecule has 0 radical (unpaired) electrons. The van der Waals surface area contributed by atoms with E-state index in [1.165, 1.54) is 6.26 Å².